The molecule has 0 radical (unpaired) electrons. The highest BCUT2D eigenvalue weighted by Gasteiger charge is 2.33. The van der Waals surface area contributed by atoms with E-state index >= 15 is 0 Å². The third-order valence-corrected chi connectivity index (χ3v) is 5.38. The lowest BCUT2D eigenvalue weighted by Gasteiger charge is -2.26. The van der Waals surface area contributed by atoms with Crippen LogP contribution in [0.15, 0.2) is 36.4 Å². The van der Waals surface area contributed by atoms with Crippen LogP contribution in [0.2, 0.25) is 0 Å². The summed E-state index contributed by atoms with van der Waals surface area (Å²) < 4.78 is 45.7. The van der Waals surface area contributed by atoms with Crippen molar-refractivity contribution >= 4 is 29.0 Å². The van der Waals surface area contributed by atoms with Gasteiger partial charge in [0.25, 0.3) is 5.91 Å². The van der Waals surface area contributed by atoms with E-state index in [-0.39, 0.29) is 17.5 Å². The second-order valence-electron chi connectivity index (χ2n) is 7.80. The van der Waals surface area contributed by atoms with Crippen molar-refractivity contribution in [3.63, 3.8) is 0 Å². The summed E-state index contributed by atoms with van der Waals surface area (Å²) in [5.41, 5.74) is 6.52. The molecule has 3 aromatic rings. The first kappa shape index (κ1) is 23.2. The van der Waals surface area contributed by atoms with Crippen molar-refractivity contribution < 1.29 is 22.7 Å². The number of hydrogen-bond donors (Lipinski definition) is 3. The molecule has 0 bridgehead atoms. The van der Waals surface area contributed by atoms with Gasteiger partial charge in [0.05, 0.1) is 24.0 Å². The molecular weight excluding hydrogens is 451 g/mol. The lowest BCUT2D eigenvalue weighted by atomic mass is 9.99. The van der Waals surface area contributed by atoms with Crippen LogP contribution in [0.5, 0.6) is 5.75 Å². The number of anilines is 4. The Hall–Kier alpha value is -3.93. The van der Waals surface area contributed by atoms with Crippen LogP contribution in [0.1, 0.15) is 27.2 Å². The quantitative estimate of drug-likeness (QED) is 0.498. The number of ether oxygens (including phenoxy) is 1. The number of hydrogen-bond acceptors (Lipinski definition) is 8. The highest BCUT2D eigenvalue weighted by atomic mass is 19.4. The number of fused-ring (bicyclic) bond motifs is 1. The number of benzene rings is 2. The summed E-state index contributed by atoms with van der Waals surface area (Å²) in [4.78, 5) is 18.2. The van der Waals surface area contributed by atoms with Crippen molar-refractivity contribution in [3.8, 4) is 5.75 Å². The van der Waals surface area contributed by atoms with Crippen molar-refractivity contribution in [2.45, 2.75) is 19.1 Å². The molecule has 9 nitrogen and oxygen atoms in total. The molecule has 34 heavy (non-hydrogen) atoms. The summed E-state index contributed by atoms with van der Waals surface area (Å²) in [6.07, 6.45) is -3.78. The summed E-state index contributed by atoms with van der Waals surface area (Å²) in [5.74, 6) is -0.772. The standard InChI is InChI=1S/C22H22F3N7O2/c1-32-8-7-12-9-16(17(34-2)10-13(12)11-32)28-21-29-20(18(19(26)33)30-31-21)27-15-6-4-3-5-14(15)22(23,24)25/h3-6,9-10H,7-8,11H2,1-2H3,(H2,26,33)(H2,27,28,29,31). The molecule has 1 aromatic heterocycles. The van der Waals surface area contributed by atoms with Crippen LogP contribution in [-0.4, -0.2) is 46.7 Å². The van der Waals surface area contributed by atoms with Gasteiger partial charge in [-0.1, -0.05) is 12.1 Å². The molecule has 0 unspecified atom stereocenters. The number of methoxy groups -OCH3 is 1. The molecule has 0 saturated heterocycles. The number of primary amides is 1. The Morgan fingerprint density at radius 3 is 2.59 bits per heavy atom. The number of carbonyl (C=O) groups excluding carboxylic acids is 1. The number of amides is 1. The third-order valence-electron chi connectivity index (χ3n) is 5.38. The van der Waals surface area contributed by atoms with E-state index in [4.69, 9.17) is 10.5 Å². The van der Waals surface area contributed by atoms with Crippen molar-refractivity contribution in [1.82, 2.24) is 20.1 Å². The Kier molecular flexibility index (Phi) is 6.24. The first-order valence-electron chi connectivity index (χ1n) is 10.3. The van der Waals surface area contributed by atoms with Crippen LogP contribution >= 0.6 is 0 Å². The van der Waals surface area contributed by atoms with Gasteiger partial charge in [-0.2, -0.15) is 18.2 Å². The molecule has 0 atom stereocenters. The van der Waals surface area contributed by atoms with Gasteiger partial charge in [0.15, 0.2) is 11.5 Å². The predicted octanol–water partition coefficient (Wildman–Crippen LogP) is 3.47. The second kappa shape index (κ2) is 9.14. The smallest absolute Gasteiger partial charge is 0.418 e. The molecular formula is C22H22F3N7O2. The minimum Gasteiger partial charge on any atom is -0.495 e. The average molecular weight is 473 g/mol. The normalized spacial score (nSPS) is 13.8. The van der Waals surface area contributed by atoms with Crippen LogP contribution < -0.4 is 21.1 Å². The summed E-state index contributed by atoms with van der Waals surface area (Å²) in [6.45, 7) is 1.68. The van der Waals surface area contributed by atoms with E-state index in [1.54, 1.807) is 0 Å². The van der Waals surface area contributed by atoms with Crippen LogP contribution in [-0.2, 0) is 19.1 Å². The van der Waals surface area contributed by atoms with Gasteiger partial charge in [0.2, 0.25) is 5.95 Å². The minimum absolute atomic E-state index is 0.0526. The van der Waals surface area contributed by atoms with Gasteiger partial charge in [-0.05, 0) is 48.9 Å². The molecule has 1 aliphatic rings. The lowest BCUT2D eigenvalue weighted by molar-refractivity contribution is -0.136. The predicted molar refractivity (Wildman–Crippen MR) is 119 cm³/mol. The van der Waals surface area contributed by atoms with Gasteiger partial charge >= 0.3 is 6.18 Å². The van der Waals surface area contributed by atoms with E-state index in [1.165, 1.54) is 25.3 Å². The first-order chi connectivity index (χ1) is 16.2. The average Bonchev–Trinajstić information content (AvgIpc) is 2.78. The fourth-order valence-corrected chi connectivity index (χ4v) is 3.71. The van der Waals surface area contributed by atoms with E-state index in [1.807, 2.05) is 19.2 Å². The summed E-state index contributed by atoms with van der Waals surface area (Å²) in [5, 5.41) is 13.2. The zero-order valence-electron chi connectivity index (χ0n) is 18.4. The maximum absolute atomic E-state index is 13.4. The zero-order chi connectivity index (χ0) is 24.5. The number of nitrogens with zero attached hydrogens (tertiary/aromatic N) is 4. The maximum atomic E-state index is 13.4. The van der Waals surface area contributed by atoms with E-state index in [9.17, 15) is 18.0 Å². The fraction of sp³-hybridized carbons (Fsp3) is 0.273. The van der Waals surface area contributed by atoms with Crippen molar-refractivity contribution in [1.29, 1.82) is 0 Å². The fourth-order valence-electron chi connectivity index (χ4n) is 3.71. The number of likely N-dealkylation sites (N-methyl/N-ethyl adjacent to an activating group) is 1. The van der Waals surface area contributed by atoms with Crippen LogP contribution in [0.3, 0.4) is 0 Å². The number of alkyl halides is 3. The third kappa shape index (κ3) is 4.86. The Labute approximate surface area is 193 Å². The Morgan fingerprint density at radius 1 is 1.12 bits per heavy atom. The second-order valence-corrected chi connectivity index (χ2v) is 7.80. The Bertz CT molecular complexity index is 1230. The van der Waals surface area contributed by atoms with Gasteiger partial charge in [-0.15, -0.1) is 10.2 Å². The largest absolute Gasteiger partial charge is 0.495 e. The minimum atomic E-state index is -4.62. The molecule has 1 aliphatic heterocycles. The number of para-hydroxylation sites is 1. The van der Waals surface area contributed by atoms with Crippen LogP contribution in [0.25, 0.3) is 0 Å². The van der Waals surface area contributed by atoms with E-state index in [0.29, 0.717) is 11.4 Å². The van der Waals surface area contributed by atoms with Gasteiger partial charge in [-0.25, -0.2) is 0 Å². The van der Waals surface area contributed by atoms with E-state index < -0.39 is 23.3 Å². The topological polar surface area (TPSA) is 118 Å². The van der Waals surface area contributed by atoms with E-state index in [0.717, 1.165) is 36.7 Å². The summed E-state index contributed by atoms with van der Waals surface area (Å²) in [7, 11) is 3.56. The highest BCUT2D eigenvalue weighted by molar-refractivity contribution is 5.96. The maximum Gasteiger partial charge on any atom is 0.418 e. The zero-order valence-corrected chi connectivity index (χ0v) is 18.4. The number of carbonyl (C=O) groups is 1. The van der Waals surface area contributed by atoms with Crippen LogP contribution in [0, 0.1) is 0 Å². The highest BCUT2D eigenvalue weighted by Crippen LogP contribution is 2.36. The molecule has 178 valence electrons. The number of nitrogens with one attached hydrogen (secondary N) is 2. The number of nitrogens with two attached hydrogens (primary N) is 1. The number of halogens is 3. The van der Waals surface area contributed by atoms with Gasteiger partial charge in [0, 0.05) is 13.1 Å². The molecule has 2 aromatic carbocycles. The first-order valence-corrected chi connectivity index (χ1v) is 10.3. The van der Waals surface area contributed by atoms with E-state index in [2.05, 4.69) is 30.7 Å². The lowest BCUT2D eigenvalue weighted by Crippen LogP contribution is -2.26. The molecule has 0 aliphatic carbocycles. The Morgan fingerprint density at radius 2 is 1.88 bits per heavy atom. The molecule has 0 fully saturated rings. The summed E-state index contributed by atoms with van der Waals surface area (Å²) in [6, 6.07) is 8.64. The molecule has 0 spiro atoms. The van der Waals surface area contributed by atoms with Gasteiger partial charge < -0.3 is 26.0 Å². The molecule has 2 heterocycles. The van der Waals surface area contributed by atoms with Gasteiger partial charge in [0.1, 0.15) is 5.75 Å². The molecule has 0 saturated carbocycles. The number of aromatic nitrogens is 3. The SMILES string of the molecule is COc1cc2c(cc1Nc1nnc(C(N)=O)c(Nc3ccccc3C(F)(F)F)n1)CCN(C)C2. The van der Waals surface area contributed by atoms with Crippen molar-refractivity contribution in [2.75, 3.05) is 31.3 Å². The van der Waals surface area contributed by atoms with Gasteiger partial charge in [-0.3, -0.25) is 4.79 Å². The molecule has 12 heteroatoms. The van der Waals surface area contributed by atoms with Crippen LogP contribution in [0.4, 0.5) is 36.3 Å². The molecule has 4 N–H and O–H groups in total. The monoisotopic (exact) mass is 473 g/mol. The Balaban J connectivity index is 1.70. The number of rotatable bonds is 6. The summed E-state index contributed by atoms with van der Waals surface area (Å²) >= 11 is 0. The van der Waals surface area contributed by atoms with Crippen molar-refractivity contribution in [2.24, 2.45) is 5.73 Å². The van der Waals surface area contributed by atoms with Crippen molar-refractivity contribution in [3.05, 3.63) is 58.8 Å². The molecule has 4 rings (SSSR count). The molecule has 1 amide bonds.